The van der Waals surface area contributed by atoms with E-state index in [0.717, 1.165) is 23.3 Å². The number of amides is 1. The van der Waals surface area contributed by atoms with Gasteiger partial charge in [0.2, 0.25) is 0 Å². The fourth-order valence-corrected chi connectivity index (χ4v) is 7.36. The van der Waals surface area contributed by atoms with E-state index in [4.69, 9.17) is 28.4 Å². The Morgan fingerprint density at radius 1 is 1.17 bits per heavy atom. The molecule has 0 aliphatic carbocycles. The highest BCUT2D eigenvalue weighted by atomic mass is 32.2. The zero-order valence-corrected chi connectivity index (χ0v) is 28.9. The minimum Gasteiger partial charge on any atom is -0.497 e. The van der Waals surface area contributed by atoms with Gasteiger partial charge in [0.15, 0.2) is 11.6 Å². The van der Waals surface area contributed by atoms with Gasteiger partial charge in [-0.2, -0.15) is 0 Å². The molecule has 0 radical (unpaired) electrons. The van der Waals surface area contributed by atoms with Gasteiger partial charge in [0.1, 0.15) is 11.9 Å². The van der Waals surface area contributed by atoms with Crippen LogP contribution in [0.4, 0.5) is 4.79 Å². The quantitative estimate of drug-likeness (QED) is 0.177. The maximum Gasteiger partial charge on any atom is 0.330 e. The van der Waals surface area contributed by atoms with E-state index in [1.807, 2.05) is 45.0 Å². The number of esters is 1. The molecule has 0 unspecified atom stereocenters. The number of thioether (sulfide) groups is 1. The number of rotatable bonds is 12. The number of aliphatic hydroxyl groups excluding tert-OH is 1. The van der Waals surface area contributed by atoms with Crippen molar-refractivity contribution in [2.45, 2.75) is 115 Å². The lowest BCUT2D eigenvalue weighted by Gasteiger charge is -2.47. The number of aliphatic hydroxyl groups is 1. The van der Waals surface area contributed by atoms with Crippen LogP contribution in [0.1, 0.15) is 71.8 Å². The van der Waals surface area contributed by atoms with Crippen LogP contribution in [0.25, 0.3) is 0 Å². The molecule has 10 nitrogen and oxygen atoms in total. The number of hydrogen-bond donors (Lipinski definition) is 1. The molecule has 3 fully saturated rings. The van der Waals surface area contributed by atoms with Crippen molar-refractivity contribution in [2.75, 3.05) is 27.1 Å². The highest BCUT2D eigenvalue weighted by Crippen LogP contribution is 2.42. The Bertz CT molecular complexity index is 1290. The smallest absolute Gasteiger partial charge is 0.330 e. The highest BCUT2D eigenvalue weighted by molar-refractivity contribution is 8.13. The first-order valence-electron chi connectivity index (χ1n) is 16.0. The van der Waals surface area contributed by atoms with Crippen molar-refractivity contribution in [3.8, 4) is 17.6 Å². The van der Waals surface area contributed by atoms with E-state index in [0.29, 0.717) is 38.0 Å². The lowest BCUT2D eigenvalue weighted by atomic mass is 9.90. The monoisotopic (exact) mass is 659 g/mol. The molecule has 0 aromatic heterocycles. The van der Waals surface area contributed by atoms with Gasteiger partial charge in [0, 0.05) is 37.8 Å². The summed E-state index contributed by atoms with van der Waals surface area (Å²) >= 11 is 1.25. The maximum atomic E-state index is 13.0. The summed E-state index contributed by atoms with van der Waals surface area (Å²) in [6, 6.07) is 7.30. The van der Waals surface area contributed by atoms with Crippen molar-refractivity contribution in [2.24, 2.45) is 5.92 Å². The topological polar surface area (TPSA) is 113 Å². The Labute approximate surface area is 277 Å². The normalized spacial score (nSPS) is 30.1. The third kappa shape index (κ3) is 9.49. The predicted molar refractivity (Wildman–Crippen MR) is 175 cm³/mol. The molecule has 3 aliphatic rings. The summed E-state index contributed by atoms with van der Waals surface area (Å²) in [7, 11) is 4.58. The Balaban J connectivity index is 1.37. The molecule has 7 atom stereocenters. The molecule has 4 rings (SSSR count). The molecular formula is C35H49NO9S. The molecule has 3 heterocycles. The minimum absolute atomic E-state index is 0.0319. The number of carbonyl (C=O) groups excluding carboxylic acids is 2. The molecule has 0 spiro atoms. The Kier molecular flexibility index (Phi) is 12.6. The number of allylic oxidation sites excluding steroid dienone is 1. The minimum atomic E-state index is -1.11. The van der Waals surface area contributed by atoms with Gasteiger partial charge >= 0.3 is 5.97 Å². The van der Waals surface area contributed by atoms with Gasteiger partial charge in [-0.05, 0) is 70.6 Å². The second kappa shape index (κ2) is 16.0. The molecule has 254 valence electrons. The Morgan fingerprint density at radius 3 is 2.59 bits per heavy atom. The second-order valence-electron chi connectivity index (χ2n) is 12.8. The molecular weight excluding hydrogens is 610 g/mol. The van der Waals surface area contributed by atoms with E-state index in [9.17, 15) is 14.7 Å². The summed E-state index contributed by atoms with van der Waals surface area (Å²) < 4.78 is 34.9. The SMILES string of the molecule is COC(=O)/C=C(/C)CC[C@@H]1OC(C)(C)O[C@H]1C#C[C@@H](C)CC[C@@H]1C[C@H](O)C[C@](OC)([C@H]2CSC(=O)N2Cc2ccc(OC)cc2)O1. The van der Waals surface area contributed by atoms with Crippen LogP contribution in [0.2, 0.25) is 0 Å². The van der Waals surface area contributed by atoms with E-state index in [1.165, 1.54) is 24.9 Å². The van der Waals surface area contributed by atoms with Gasteiger partial charge in [-0.25, -0.2) is 4.79 Å². The van der Waals surface area contributed by atoms with Crippen LogP contribution >= 0.6 is 11.8 Å². The third-order valence-corrected chi connectivity index (χ3v) is 9.69. The summed E-state index contributed by atoms with van der Waals surface area (Å²) in [5.41, 5.74) is 1.88. The number of ether oxygens (including phenoxy) is 6. The van der Waals surface area contributed by atoms with Crippen molar-refractivity contribution in [1.82, 2.24) is 4.90 Å². The van der Waals surface area contributed by atoms with Crippen molar-refractivity contribution < 1.29 is 43.1 Å². The molecule has 11 heteroatoms. The molecule has 3 saturated heterocycles. The van der Waals surface area contributed by atoms with Crippen LogP contribution in [-0.2, 0) is 35.0 Å². The van der Waals surface area contributed by atoms with E-state index in [-0.39, 0.29) is 47.9 Å². The van der Waals surface area contributed by atoms with Crippen molar-refractivity contribution in [3.05, 3.63) is 41.5 Å². The van der Waals surface area contributed by atoms with Crippen molar-refractivity contribution >= 4 is 23.0 Å². The van der Waals surface area contributed by atoms with Crippen LogP contribution in [0.5, 0.6) is 5.75 Å². The fraction of sp³-hybridized carbons (Fsp3) is 0.657. The fourth-order valence-electron chi connectivity index (χ4n) is 6.27. The molecule has 0 bridgehead atoms. The third-order valence-electron chi connectivity index (χ3n) is 8.73. The van der Waals surface area contributed by atoms with Gasteiger partial charge in [0.25, 0.3) is 5.24 Å². The first kappa shape index (κ1) is 36.2. The van der Waals surface area contributed by atoms with Crippen LogP contribution in [0.3, 0.4) is 0 Å². The van der Waals surface area contributed by atoms with Crippen LogP contribution in [0.15, 0.2) is 35.9 Å². The molecule has 3 aliphatic heterocycles. The van der Waals surface area contributed by atoms with Gasteiger partial charge in [-0.1, -0.05) is 48.2 Å². The van der Waals surface area contributed by atoms with E-state index < -0.39 is 17.7 Å². The maximum absolute atomic E-state index is 13.0. The number of methoxy groups -OCH3 is 3. The number of nitrogens with zero attached hydrogens (tertiary/aromatic N) is 1. The van der Waals surface area contributed by atoms with E-state index >= 15 is 0 Å². The first-order chi connectivity index (χ1) is 21.9. The summed E-state index contributed by atoms with van der Waals surface area (Å²) in [5, 5.41) is 10.9. The Hall–Kier alpha value is -2.59. The molecule has 1 amide bonds. The predicted octanol–water partition coefficient (Wildman–Crippen LogP) is 5.45. The standard InChI is InChI=1S/C35H49NO9S/c1-23(9-16-29-30(45-34(3,4)44-29)17-10-24(2)18-32(38)41-6)8-13-28-19-26(37)20-35(42-7,43-28)31-22-46-33(39)36(31)21-25-11-14-27(40-5)15-12-25/h11-12,14-15,18,23,26,28-31,37H,8,10,13,17,19-22H2,1-7H3/b24-18-/t23-,26-,28+,29-,30-,31+,35+/m0/s1. The highest BCUT2D eigenvalue weighted by Gasteiger charge is 2.53. The number of hydrogen-bond acceptors (Lipinski definition) is 10. The zero-order valence-electron chi connectivity index (χ0n) is 28.1. The summed E-state index contributed by atoms with van der Waals surface area (Å²) in [6.45, 7) is 8.13. The van der Waals surface area contributed by atoms with Gasteiger partial charge in [0.05, 0.1) is 38.6 Å². The lowest BCUT2D eigenvalue weighted by molar-refractivity contribution is -0.305. The van der Waals surface area contributed by atoms with Gasteiger partial charge in [-0.3, -0.25) is 4.79 Å². The van der Waals surface area contributed by atoms with Crippen LogP contribution in [-0.4, -0.2) is 90.3 Å². The van der Waals surface area contributed by atoms with E-state index in [1.54, 1.807) is 19.1 Å². The summed E-state index contributed by atoms with van der Waals surface area (Å²) in [4.78, 5) is 26.4. The summed E-state index contributed by atoms with van der Waals surface area (Å²) in [6.07, 6.45) is 3.57. The lowest BCUT2D eigenvalue weighted by Crippen LogP contribution is -2.60. The Morgan fingerprint density at radius 2 is 1.91 bits per heavy atom. The average Bonchev–Trinajstić information content (AvgIpc) is 3.55. The molecule has 1 aromatic rings. The number of carbonyl (C=O) groups is 2. The average molecular weight is 660 g/mol. The largest absolute Gasteiger partial charge is 0.497 e. The molecule has 0 saturated carbocycles. The van der Waals surface area contributed by atoms with Crippen molar-refractivity contribution in [1.29, 1.82) is 0 Å². The van der Waals surface area contributed by atoms with E-state index in [2.05, 4.69) is 18.8 Å². The van der Waals surface area contributed by atoms with Gasteiger partial charge < -0.3 is 38.4 Å². The summed E-state index contributed by atoms with van der Waals surface area (Å²) in [5.74, 6) is 5.73. The van der Waals surface area contributed by atoms with Crippen LogP contribution in [0, 0.1) is 17.8 Å². The number of benzene rings is 1. The second-order valence-corrected chi connectivity index (χ2v) is 13.8. The first-order valence-corrected chi connectivity index (χ1v) is 16.9. The molecule has 46 heavy (non-hydrogen) atoms. The van der Waals surface area contributed by atoms with Gasteiger partial charge in [-0.15, -0.1) is 0 Å². The van der Waals surface area contributed by atoms with Crippen LogP contribution < -0.4 is 4.74 Å². The molecule has 1 aromatic carbocycles. The van der Waals surface area contributed by atoms with Crippen molar-refractivity contribution in [3.63, 3.8) is 0 Å². The molecule has 1 N–H and O–H groups in total. The zero-order chi connectivity index (χ0) is 33.5.